The molecular formula is C22H25N3O. The molecule has 0 aliphatic heterocycles. The van der Waals surface area contributed by atoms with Gasteiger partial charge < -0.3 is 15.6 Å². The second kappa shape index (κ2) is 7.34. The SMILES string of the molecule is NC1CCc2[nH]c3ccc(N(C=O)CCCc4ccccc4)cc3c2C1. The molecule has 3 aromatic rings. The van der Waals surface area contributed by atoms with Gasteiger partial charge in [0, 0.05) is 34.9 Å². The molecule has 4 nitrogen and oxygen atoms in total. The van der Waals surface area contributed by atoms with Gasteiger partial charge in [-0.15, -0.1) is 0 Å². The largest absolute Gasteiger partial charge is 0.358 e. The second-order valence-corrected chi connectivity index (χ2v) is 7.20. The van der Waals surface area contributed by atoms with Crippen molar-refractivity contribution < 1.29 is 4.79 Å². The highest BCUT2D eigenvalue weighted by Gasteiger charge is 2.20. The van der Waals surface area contributed by atoms with Crippen molar-refractivity contribution in [3.05, 3.63) is 65.4 Å². The van der Waals surface area contributed by atoms with Crippen molar-refractivity contribution in [1.29, 1.82) is 0 Å². The number of benzene rings is 2. The summed E-state index contributed by atoms with van der Waals surface area (Å²) in [7, 11) is 0. The molecule has 1 atom stereocenters. The molecule has 3 N–H and O–H groups in total. The Morgan fingerprint density at radius 2 is 2.04 bits per heavy atom. The van der Waals surface area contributed by atoms with Gasteiger partial charge in [0.05, 0.1) is 0 Å². The van der Waals surface area contributed by atoms with Crippen LogP contribution in [0, 0.1) is 0 Å². The Morgan fingerprint density at radius 1 is 1.19 bits per heavy atom. The third-order valence-electron chi connectivity index (χ3n) is 5.38. The number of nitrogens with one attached hydrogen (secondary N) is 1. The predicted octanol–water partition coefficient (Wildman–Crippen LogP) is 3.58. The third-order valence-corrected chi connectivity index (χ3v) is 5.38. The topological polar surface area (TPSA) is 62.1 Å². The molecule has 1 amide bonds. The maximum absolute atomic E-state index is 11.7. The molecule has 0 saturated carbocycles. The molecular weight excluding hydrogens is 322 g/mol. The highest BCUT2D eigenvalue weighted by Crippen LogP contribution is 2.31. The fourth-order valence-electron chi connectivity index (χ4n) is 3.95. The molecule has 1 aromatic heterocycles. The van der Waals surface area contributed by atoms with Crippen molar-refractivity contribution in [2.24, 2.45) is 5.73 Å². The lowest BCUT2D eigenvalue weighted by atomic mass is 9.92. The Morgan fingerprint density at radius 3 is 2.85 bits per heavy atom. The fourth-order valence-corrected chi connectivity index (χ4v) is 3.95. The average Bonchev–Trinajstić information content (AvgIpc) is 3.03. The normalized spacial score (nSPS) is 16.4. The first-order chi connectivity index (χ1) is 12.7. The van der Waals surface area contributed by atoms with Gasteiger partial charge in [-0.3, -0.25) is 4.79 Å². The van der Waals surface area contributed by atoms with Gasteiger partial charge in [-0.2, -0.15) is 0 Å². The molecule has 134 valence electrons. The third kappa shape index (κ3) is 3.37. The van der Waals surface area contributed by atoms with Crippen LogP contribution in [0.4, 0.5) is 5.69 Å². The van der Waals surface area contributed by atoms with Crippen LogP contribution in [-0.4, -0.2) is 24.0 Å². The van der Waals surface area contributed by atoms with Crippen LogP contribution < -0.4 is 10.6 Å². The first-order valence-corrected chi connectivity index (χ1v) is 9.39. The molecule has 0 radical (unpaired) electrons. The maximum Gasteiger partial charge on any atom is 0.214 e. The summed E-state index contributed by atoms with van der Waals surface area (Å²) in [6.07, 6.45) is 5.81. The molecule has 0 saturated heterocycles. The van der Waals surface area contributed by atoms with Gasteiger partial charge in [0.1, 0.15) is 0 Å². The molecule has 2 aromatic carbocycles. The first kappa shape index (κ1) is 16.9. The predicted molar refractivity (Wildman–Crippen MR) is 106 cm³/mol. The summed E-state index contributed by atoms with van der Waals surface area (Å²) < 4.78 is 0. The smallest absolute Gasteiger partial charge is 0.214 e. The molecule has 4 rings (SSSR count). The lowest BCUT2D eigenvalue weighted by molar-refractivity contribution is -0.107. The minimum absolute atomic E-state index is 0.234. The molecule has 1 unspecified atom stereocenters. The second-order valence-electron chi connectivity index (χ2n) is 7.20. The molecule has 1 aliphatic carbocycles. The minimum Gasteiger partial charge on any atom is -0.358 e. The molecule has 0 spiro atoms. The Balaban J connectivity index is 1.52. The van der Waals surface area contributed by atoms with Gasteiger partial charge >= 0.3 is 0 Å². The Bertz CT molecular complexity index is 900. The van der Waals surface area contributed by atoms with E-state index in [1.54, 1.807) is 0 Å². The Labute approximate surface area is 154 Å². The van der Waals surface area contributed by atoms with Crippen LogP contribution in [-0.2, 0) is 24.1 Å². The van der Waals surface area contributed by atoms with E-state index in [0.29, 0.717) is 0 Å². The van der Waals surface area contributed by atoms with Gasteiger partial charge in [-0.25, -0.2) is 0 Å². The van der Waals surface area contributed by atoms with E-state index in [-0.39, 0.29) is 6.04 Å². The zero-order valence-electron chi connectivity index (χ0n) is 14.9. The van der Waals surface area contributed by atoms with Crippen molar-refractivity contribution in [3.63, 3.8) is 0 Å². The van der Waals surface area contributed by atoms with Gasteiger partial charge in [0.2, 0.25) is 6.41 Å². The molecule has 1 heterocycles. The van der Waals surface area contributed by atoms with E-state index in [1.807, 2.05) is 17.0 Å². The van der Waals surface area contributed by atoms with Crippen molar-refractivity contribution in [2.45, 2.75) is 38.1 Å². The van der Waals surface area contributed by atoms with Crippen LogP contribution in [0.15, 0.2) is 48.5 Å². The molecule has 0 fully saturated rings. The van der Waals surface area contributed by atoms with E-state index in [1.165, 1.54) is 22.2 Å². The summed E-state index contributed by atoms with van der Waals surface area (Å²) in [6.45, 7) is 0.718. The number of hydrogen-bond donors (Lipinski definition) is 2. The van der Waals surface area contributed by atoms with Crippen LogP contribution >= 0.6 is 0 Å². The number of nitrogens with two attached hydrogens (primary N) is 1. The molecule has 0 bridgehead atoms. The summed E-state index contributed by atoms with van der Waals surface area (Å²) in [5.41, 5.74) is 12.2. The number of H-pyrrole nitrogens is 1. The number of carbonyl (C=O) groups is 1. The number of amides is 1. The van der Waals surface area contributed by atoms with Gasteiger partial charge in [0.15, 0.2) is 0 Å². The van der Waals surface area contributed by atoms with E-state index in [0.717, 1.165) is 56.3 Å². The van der Waals surface area contributed by atoms with Crippen LogP contribution in [0.3, 0.4) is 0 Å². The Kier molecular flexibility index (Phi) is 4.76. The van der Waals surface area contributed by atoms with Crippen molar-refractivity contribution in [1.82, 2.24) is 4.98 Å². The van der Waals surface area contributed by atoms with E-state index in [4.69, 9.17) is 5.73 Å². The summed E-state index contributed by atoms with van der Waals surface area (Å²) in [5.74, 6) is 0. The van der Waals surface area contributed by atoms with E-state index < -0.39 is 0 Å². The summed E-state index contributed by atoms with van der Waals surface area (Å²) >= 11 is 0. The summed E-state index contributed by atoms with van der Waals surface area (Å²) in [6, 6.07) is 16.9. The number of hydrogen-bond acceptors (Lipinski definition) is 2. The highest BCUT2D eigenvalue weighted by molar-refractivity contribution is 5.90. The number of anilines is 1. The zero-order valence-corrected chi connectivity index (χ0v) is 14.9. The Hall–Kier alpha value is -2.59. The first-order valence-electron chi connectivity index (χ1n) is 9.39. The standard InChI is InChI=1S/C22H25N3O/c23-17-8-10-21-19(13-17)20-14-18(9-11-22(20)24-21)25(15-26)12-4-7-16-5-2-1-3-6-16/h1-3,5-6,9,11,14-15,17,24H,4,7-8,10,12-13,23H2. The fraction of sp³-hybridized carbons (Fsp3) is 0.318. The number of aromatic nitrogens is 1. The van der Waals surface area contributed by atoms with Gasteiger partial charge in [-0.1, -0.05) is 30.3 Å². The quantitative estimate of drug-likeness (QED) is 0.670. The molecule has 1 aliphatic rings. The van der Waals surface area contributed by atoms with Crippen LogP contribution in [0.25, 0.3) is 10.9 Å². The van der Waals surface area contributed by atoms with Gasteiger partial charge in [-0.05, 0) is 61.4 Å². The summed E-state index contributed by atoms with van der Waals surface area (Å²) in [5, 5.41) is 1.21. The number of rotatable bonds is 6. The number of aromatic amines is 1. The van der Waals surface area contributed by atoms with E-state index >= 15 is 0 Å². The van der Waals surface area contributed by atoms with E-state index in [2.05, 4.69) is 41.4 Å². The highest BCUT2D eigenvalue weighted by atomic mass is 16.1. The number of nitrogens with zero attached hydrogens (tertiary/aromatic N) is 1. The van der Waals surface area contributed by atoms with E-state index in [9.17, 15) is 4.79 Å². The zero-order chi connectivity index (χ0) is 17.9. The maximum atomic E-state index is 11.7. The molecule has 4 heteroatoms. The van der Waals surface area contributed by atoms with Crippen molar-refractivity contribution in [3.8, 4) is 0 Å². The summed E-state index contributed by atoms with van der Waals surface area (Å²) in [4.78, 5) is 17.0. The van der Waals surface area contributed by atoms with Crippen LogP contribution in [0.5, 0.6) is 0 Å². The minimum atomic E-state index is 0.234. The molecule has 26 heavy (non-hydrogen) atoms. The number of aryl methyl sites for hydroxylation is 2. The number of fused-ring (bicyclic) bond motifs is 3. The lowest BCUT2D eigenvalue weighted by Gasteiger charge is -2.19. The van der Waals surface area contributed by atoms with Gasteiger partial charge in [0.25, 0.3) is 0 Å². The van der Waals surface area contributed by atoms with Crippen molar-refractivity contribution >= 4 is 23.0 Å². The average molecular weight is 347 g/mol. The number of carbonyl (C=O) groups excluding carboxylic acids is 1. The van der Waals surface area contributed by atoms with Crippen LogP contribution in [0.1, 0.15) is 29.7 Å². The van der Waals surface area contributed by atoms with Crippen molar-refractivity contribution in [2.75, 3.05) is 11.4 Å². The lowest BCUT2D eigenvalue weighted by Crippen LogP contribution is -2.27. The monoisotopic (exact) mass is 347 g/mol. The van der Waals surface area contributed by atoms with Crippen LogP contribution in [0.2, 0.25) is 0 Å².